The molecule has 7 heteroatoms. The lowest BCUT2D eigenvalue weighted by Gasteiger charge is -2.03. The zero-order valence-corrected chi connectivity index (χ0v) is 12.3. The van der Waals surface area contributed by atoms with Gasteiger partial charge in [-0.25, -0.2) is 13.1 Å². The first-order valence-corrected chi connectivity index (χ1v) is 8.85. The van der Waals surface area contributed by atoms with E-state index < -0.39 is 10.0 Å². The molecule has 0 radical (unpaired) electrons. The smallest absolute Gasteiger partial charge is 0.250 e. The summed E-state index contributed by atoms with van der Waals surface area (Å²) in [4.78, 5) is 0.986. The van der Waals surface area contributed by atoms with Crippen LogP contribution in [0, 0.1) is 12.3 Å². The van der Waals surface area contributed by atoms with Crippen LogP contribution >= 0.6 is 23.1 Å². The average molecular weight is 304 g/mol. The predicted octanol–water partition coefficient (Wildman–Crippen LogP) is 0.894. The summed E-state index contributed by atoms with van der Waals surface area (Å²) in [6.07, 6.45) is 5.81. The van der Waals surface area contributed by atoms with Gasteiger partial charge in [0.2, 0.25) is 10.0 Å². The molecule has 3 N–H and O–H groups in total. The quantitative estimate of drug-likeness (QED) is 0.553. The second kappa shape index (κ2) is 7.81. The Hall–Kier alpha value is -0.520. The second-order valence-corrected chi connectivity index (χ2v) is 7.68. The third-order valence-corrected chi connectivity index (χ3v) is 5.98. The fourth-order valence-corrected chi connectivity index (χ4v) is 4.31. The van der Waals surface area contributed by atoms with Crippen LogP contribution in [0.25, 0.3) is 0 Å². The van der Waals surface area contributed by atoms with Gasteiger partial charge in [0, 0.05) is 17.2 Å². The number of rotatable bonds is 8. The summed E-state index contributed by atoms with van der Waals surface area (Å²) < 4.78 is 26.7. The van der Waals surface area contributed by atoms with E-state index in [4.69, 9.17) is 12.2 Å². The van der Waals surface area contributed by atoms with Crippen LogP contribution in [-0.2, 0) is 16.4 Å². The lowest BCUT2D eigenvalue weighted by molar-refractivity contribution is 0.586. The van der Waals surface area contributed by atoms with Crippen LogP contribution in [0.3, 0.4) is 0 Å². The summed E-state index contributed by atoms with van der Waals surface area (Å²) in [5, 5.41) is 0. The molecule has 0 fully saturated rings. The number of hydrogen-bond donors (Lipinski definition) is 2. The van der Waals surface area contributed by atoms with Crippen molar-refractivity contribution in [2.75, 3.05) is 24.6 Å². The fourth-order valence-electron chi connectivity index (χ4n) is 1.23. The lowest BCUT2D eigenvalue weighted by Crippen LogP contribution is -2.25. The van der Waals surface area contributed by atoms with Gasteiger partial charge in [-0.1, -0.05) is 5.92 Å². The van der Waals surface area contributed by atoms with E-state index in [1.165, 1.54) is 23.1 Å². The van der Waals surface area contributed by atoms with Crippen molar-refractivity contribution in [2.45, 2.75) is 10.6 Å². The van der Waals surface area contributed by atoms with Crippen molar-refractivity contribution in [2.24, 2.45) is 5.73 Å². The third-order valence-electron chi connectivity index (χ3n) is 2.02. The second-order valence-electron chi connectivity index (χ2n) is 3.41. The molecule has 0 aliphatic rings. The molecule has 0 spiro atoms. The van der Waals surface area contributed by atoms with Gasteiger partial charge in [-0.3, -0.25) is 0 Å². The topological polar surface area (TPSA) is 72.2 Å². The minimum Gasteiger partial charge on any atom is -0.330 e. The number of nitrogens with one attached hydrogen (secondary N) is 1. The predicted molar refractivity (Wildman–Crippen MR) is 78.4 cm³/mol. The van der Waals surface area contributed by atoms with Crippen molar-refractivity contribution >= 4 is 33.1 Å². The minimum atomic E-state index is -3.38. The Balaban J connectivity index is 2.49. The number of nitrogens with two attached hydrogens (primary N) is 1. The number of thiophene rings is 1. The average Bonchev–Trinajstić information content (AvgIpc) is 2.79. The zero-order valence-electron chi connectivity index (χ0n) is 9.89. The van der Waals surface area contributed by atoms with Crippen LogP contribution in [0.5, 0.6) is 0 Å². The largest absolute Gasteiger partial charge is 0.330 e. The van der Waals surface area contributed by atoms with Crippen LogP contribution in [-0.4, -0.2) is 33.0 Å². The highest BCUT2D eigenvalue weighted by atomic mass is 32.2. The fraction of sp³-hybridized carbons (Fsp3) is 0.455. The monoisotopic (exact) mass is 304 g/mol. The van der Waals surface area contributed by atoms with E-state index in [0.29, 0.717) is 35.2 Å². The molecule has 18 heavy (non-hydrogen) atoms. The molecule has 4 nitrogen and oxygen atoms in total. The first-order chi connectivity index (χ1) is 8.60. The van der Waals surface area contributed by atoms with Crippen LogP contribution in [0.4, 0.5) is 0 Å². The van der Waals surface area contributed by atoms with Gasteiger partial charge in [0.1, 0.15) is 4.21 Å². The molecular formula is C11H16N2O2S3. The van der Waals surface area contributed by atoms with Gasteiger partial charge in [-0.05, 0) is 25.1 Å². The summed E-state index contributed by atoms with van der Waals surface area (Å²) in [6.45, 7) is 0.912. The zero-order chi connectivity index (χ0) is 13.4. The molecule has 1 aromatic heterocycles. The maximum absolute atomic E-state index is 11.9. The number of terminal acetylenes is 1. The first-order valence-electron chi connectivity index (χ1n) is 5.40. The maximum atomic E-state index is 11.9. The van der Waals surface area contributed by atoms with E-state index >= 15 is 0 Å². The van der Waals surface area contributed by atoms with Crippen LogP contribution in [0.2, 0.25) is 0 Å². The normalized spacial score (nSPS) is 11.3. The number of thioether (sulfide) groups is 1. The summed E-state index contributed by atoms with van der Waals surface area (Å²) in [5.74, 6) is 3.76. The van der Waals surface area contributed by atoms with Crippen molar-refractivity contribution in [3.63, 3.8) is 0 Å². The van der Waals surface area contributed by atoms with E-state index in [0.717, 1.165) is 4.88 Å². The highest BCUT2D eigenvalue weighted by molar-refractivity contribution is 7.99. The van der Waals surface area contributed by atoms with Crippen LogP contribution in [0.15, 0.2) is 16.3 Å². The van der Waals surface area contributed by atoms with E-state index in [1.807, 2.05) is 0 Å². The molecule has 100 valence electrons. The summed E-state index contributed by atoms with van der Waals surface area (Å²) in [6, 6.07) is 3.42. The van der Waals surface area contributed by atoms with Gasteiger partial charge < -0.3 is 5.73 Å². The third kappa shape index (κ3) is 5.00. The molecule has 0 unspecified atom stereocenters. The minimum absolute atomic E-state index is 0.341. The standard InChI is InChI=1S/C11H16N2O2S3/c1-2-8-16-9-7-13-18(14,15)11-4-3-10(17-11)5-6-12/h1,3-4,13H,5-9,12H2. The molecule has 0 atom stereocenters. The molecular weight excluding hydrogens is 288 g/mol. The molecule has 0 aliphatic carbocycles. The van der Waals surface area contributed by atoms with Crippen molar-refractivity contribution < 1.29 is 8.42 Å². The summed E-state index contributed by atoms with van der Waals surface area (Å²) in [5.41, 5.74) is 5.43. The Morgan fingerprint density at radius 2 is 2.28 bits per heavy atom. The van der Waals surface area contributed by atoms with Crippen molar-refractivity contribution in [1.29, 1.82) is 0 Å². The highest BCUT2D eigenvalue weighted by Crippen LogP contribution is 2.21. The molecule has 0 saturated heterocycles. The highest BCUT2D eigenvalue weighted by Gasteiger charge is 2.15. The molecule has 0 aromatic carbocycles. The van der Waals surface area contributed by atoms with Gasteiger partial charge in [0.15, 0.2) is 0 Å². The van der Waals surface area contributed by atoms with Crippen molar-refractivity contribution in [3.05, 3.63) is 17.0 Å². The van der Waals surface area contributed by atoms with E-state index in [-0.39, 0.29) is 0 Å². The van der Waals surface area contributed by atoms with Gasteiger partial charge in [-0.2, -0.15) is 0 Å². The number of hydrogen-bond acceptors (Lipinski definition) is 5. The Kier molecular flexibility index (Phi) is 6.75. The van der Waals surface area contributed by atoms with Crippen molar-refractivity contribution in [3.8, 4) is 12.3 Å². The van der Waals surface area contributed by atoms with Gasteiger partial charge in [-0.15, -0.1) is 29.5 Å². The molecule has 0 bridgehead atoms. The Morgan fingerprint density at radius 1 is 1.50 bits per heavy atom. The van der Waals surface area contributed by atoms with Gasteiger partial charge in [0.05, 0.1) is 5.75 Å². The van der Waals surface area contributed by atoms with E-state index in [9.17, 15) is 8.42 Å². The van der Waals surface area contributed by atoms with Gasteiger partial charge >= 0.3 is 0 Å². The number of sulfonamides is 1. The van der Waals surface area contributed by atoms with Gasteiger partial charge in [0.25, 0.3) is 0 Å². The maximum Gasteiger partial charge on any atom is 0.250 e. The van der Waals surface area contributed by atoms with E-state index in [2.05, 4.69) is 10.6 Å². The Labute approximate surface area is 116 Å². The summed E-state index contributed by atoms with van der Waals surface area (Å²) >= 11 is 2.79. The van der Waals surface area contributed by atoms with Crippen LogP contribution in [0.1, 0.15) is 4.88 Å². The van der Waals surface area contributed by atoms with Crippen LogP contribution < -0.4 is 10.5 Å². The Morgan fingerprint density at radius 3 is 2.94 bits per heavy atom. The molecule has 0 saturated carbocycles. The summed E-state index contributed by atoms with van der Waals surface area (Å²) in [7, 11) is -3.38. The molecule has 1 aromatic rings. The molecule has 1 heterocycles. The van der Waals surface area contributed by atoms with Crippen molar-refractivity contribution in [1.82, 2.24) is 4.72 Å². The molecule has 0 amide bonds. The van der Waals surface area contributed by atoms with E-state index in [1.54, 1.807) is 12.1 Å². The SMILES string of the molecule is C#CCSCCNS(=O)(=O)c1ccc(CCN)s1. The first kappa shape index (κ1) is 15.5. The lowest BCUT2D eigenvalue weighted by atomic mass is 10.3. The Bertz CT molecular complexity index is 503. The molecule has 1 rings (SSSR count). The molecule has 0 aliphatic heterocycles.